The fourth-order valence-electron chi connectivity index (χ4n) is 1.72. The molecule has 0 fully saturated rings. The van der Waals surface area contributed by atoms with Crippen molar-refractivity contribution in [2.45, 2.75) is 12.5 Å². The molecule has 0 saturated carbocycles. The van der Waals surface area contributed by atoms with Crippen LogP contribution in [0.15, 0.2) is 36.4 Å². The van der Waals surface area contributed by atoms with Crippen LogP contribution in [-0.4, -0.2) is 25.2 Å². The number of rotatable bonds is 2. The minimum atomic E-state index is -0.458. The SMILES string of the molecule is COC(=O)/C=C/C1Cc2ccccc2C(=O)O1. The third-order valence-electron chi connectivity index (χ3n) is 2.56. The standard InChI is InChI=1S/C13H12O4/c1-16-12(14)7-6-10-8-9-4-2-3-5-11(9)13(15)17-10/h2-7,10H,8H2,1H3/b7-6+. The molecule has 1 aromatic carbocycles. The Morgan fingerprint density at radius 1 is 1.47 bits per heavy atom. The van der Waals surface area contributed by atoms with Gasteiger partial charge in [0.15, 0.2) is 0 Å². The van der Waals surface area contributed by atoms with E-state index in [4.69, 9.17) is 4.74 Å². The molecule has 0 aromatic heterocycles. The smallest absolute Gasteiger partial charge is 0.339 e. The molecular formula is C13H12O4. The van der Waals surface area contributed by atoms with E-state index in [-0.39, 0.29) is 5.97 Å². The van der Waals surface area contributed by atoms with Gasteiger partial charge >= 0.3 is 11.9 Å². The molecule has 2 rings (SSSR count). The van der Waals surface area contributed by atoms with Crippen LogP contribution in [0.25, 0.3) is 0 Å². The highest BCUT2D eigenvalue weighted by molar-refractivity contribution is 5.92. The van der Waals surface area contributed by atoms with Crippen LogP contribution < -0.4 is 0 Å². The first-order valence-corrected chi connectivity index (χ1v) is 5.25. The maximum atomic E-state index is 11.6. The summed E-state index contributed by atoms with van der Waals surface area (Å²) in [5.41, 5.74) is 1.53. The van der Waals surface area contributed by atoms with E-state index in [2.05, 4.69) is 4.74 Å². The Kier molecular flexibility index (Phi) is 3.23. The number of benzene rings is 1. The van der Waals surface area contributed by atoms with Crippen LogP contribution in [0, 0.1) is 0 Å². The Labute approximate surface area is 98.8 Å². The van der Waals surface area contributed by atoms with Crippen molar-refractivity contribution in [2.24, 2.45) is 0 Å². The number of carbonyl (C=O) groups is 2. The second-order valence-corrected chi connectivity index (χ2v) is 3.69. The normalized spacial score (nSPS) is 18.6. The van der Waals surface area contributed by atoms with E-state index < -0.39 is 12.1 Å². The lowest BCUT2D eigenvalue weighted by molar-refractivity contribution is -0.134. The van der Waals surface area contributed by atoms with Gasteiger partial charge in [0.2, 0.25) is 0 Å². The monoisotopic (exact) mass is 232 g/mol. The fraction of sp³-hybridized carbons (Fsp3) is 0.231. The quantitative estimate of drug-likeness (QED) is 0.572. The molecule has 1 aromatic rings. The molecule has 4 nitrogen and oxygen atoms in total. The third kappa shape index (κ3) is 2.53. The minimum Gasteiger partial charge on any atom is -0.466 e. The summed E-state index contributed by atoms with van der Waals surface area (Å²) >= 11 is 0. The number of esters is 2. The highest BCUT2D eigenvalue weighted by atomic mass is 16.5. The van der Waals surface area contributed by atoms with Gasteiger partial charge in [0.1, 0.15) is 6.10 Å². The molecule has 1 heterocycles. The molecule has 0 N–H and O–H groups in total. The molecule has 88 valence electrons. The first-order valence-electron chi connectivity index (χ1n) is 5.25. The zero-order valence-corrected chi connectivity index (χ0v) is 9.38. The predicted molar refractivity (Wildman–Crippen MR) is 60.5 cm³/mol. The van der Waals surface area contributed by atoms with E-state index in [9.17, 15) is 9.59 Å². The second kappa shape index (κ2) is 4.82. The summed E-state index contributed by atoms with van der Waals surface area (Å²) in [7, 11) is 1.30. The summed E-state index contributed by atoms with van der Waals surface area (Å²) in [5, 5.41) is 0. The number of hydrogen-bond donors (Lipinski definition) is 0. The van der Waals surface area contributed by atoms with Crippen LogP contribution in [0.2, 0.25) is 0 Å². The van der Waals surface area contributed by atoms with Crippen molar-refractivity contribution in [3.8, 4) is 0 Å². The predicted octanol–water partition coefficient (Wildman–Crippen LogP) is 1.50. The third-order valence-corrected chi connectivity index (χ3v) is 2.56. The van der Waals surface area contributed by atoms with Crippen LogP contribution in [0.5, 0.6) is 0 Å². The lowest BCUT2D eigenvalue weighted by Gasteiger charge is -2.21. The maximum absolute atomic E-state index is 11.6. The van der Waals surface area contributed by atoms with Crippen LogP contribution >= 0.6 is 0 Å². The first-order chi connectivity index (χ1) is 8.20. The molecule has 0 radical (unpaired) electrons. The average Bonchev–Trinajstić information content (AvgIpc) is 2.36. The number of hydrogen-bond acceptors (Lipinski definition) is 4. The molecule has 0 bridgehead atoms. The Balaban J connectivity index is 2.14. The lowest BCUT2D eigenvalue weighted by atomic mass is 9.98. The Bertz CT molecular complexity index is 476. The number of carbonyl (C=O) groups excluding carboxylic acids is 2. The average molecular weight is 232 g/mol. The summed E-state index contributed by atoms with van der Waals surface area (Å²) in [6.45, 7) is 0. The maximum Gasteiger partial charge on any atom is 0.339 e. The Morgan fingerprint density at radius 2 is 2.24 bits per heavy atom. The molecule has 1 aliphatic rings. The van der Waals surface area contributed by atoms with E-state index in [0.29, 0.717) is 12.0 Å². The van der Waals surface area contributed by atoms with Crippen LogP contribution in [-0.2, 0) is 20.7 Å². The molecule has 0 saturated heterocycles. The zero-order chi connectivity index (χ0) is 12.3. The van der Waals surface area contributed by atoms with Gasteiger partial charge in [-0.25, -0.2) is 9.59 Å². The van der Waals surface area contributed by atoms with Crippen molar-refractivity contribution in [2.75, 3.05) is 7.11 Å². The van der Waals surface area contributed by atoms with Gasteiger partial charge in [-0.15, -0.1) is 0 Å². The van der Waals surface area contributed by atoms with Gasteiger partial charge < -0.3 is 9.47 Å². The van der Waals surface area contributed by atoms with Gasteiger partial charge in [0.25, 0.3) is 0 Å². The van der Waals surface area contributed by atoms with Crippen molar-refractivity contribution in [1.29, 1.82) is 0 Å². The van der Waals surface area contributed by atoms with Gasteiger partial charge in [0.05, 0.1) is 12.7 Å². The van der Waals surface area contributed by atoms with E-state index >= 15 is 0 Å². The highest BCUT2D eigenvalue weighted by Crippen LogP contribution is 2.20. The van der Waals surface area contributed by atoms with Crippen molar-refractivity contribution in [3.63, 3.8) is 0 Å². The van der Waals surface area contributed by atoms with Crippen LogP contribution in [0.4, 0.5) is 0 Å². The second-order valence-electron chi connectivity index (χ2n) is 3.69. The molecule has 0 spiro atoms. The van der Waals surface area contributed by atoms with Crippen molar-refractivity contribution < 1.29 is 19.1 Å². The lowest BCUT2D eigenvalue weighted by Crippen LogP contribution is -2.26. The molecule has 1 unspecified atom stereocenters. The van der Waals surface area contributed by atoms with Crippen molar-refractivity contribution >= 4 is 11.9 Å². The largest absolute Gasteiger partial charge is 0.466 e. The molecule has 0 aliphatic carbocycles. The van der Waals surface area contributed by atoms with E-state index in [1.807, 2.05) is 12.1 Å². The van der Waals surface area contributed by atoms with Gasteiger partial charge in [-0.3, -0.25) is 0 Å². The molecular weight excluding hydrogens is 220 g/mol. The topological polar surface area (TPSA) is 52.6 Å². The number of methoxy groups -OCH3 is 1. The number of cyclic esters (lactones) is 1. The van der Waals surface area contributed by atoms with Crippen molar-refractivity contribution in [1.82, 2.24) is 0 Å². The summed E-state index contributed by atoms with van der Waals surface area (Å²) in [4.78, 5) is 22.6. The minimum absolute atomic E-state index is 0.355. The Hall–Kier alpha value is -2.10. The van der Waals surface area contributed by atoms with Crippen LogP contribution in [0.3, 0.4) is 0 Å². The molecule has 4 heteroatoms. The van der Waals surface area contributed by atoms with Gasteiger partial charge in [-0.1, -0.05) is 18.2 Å². The first kappa shape index (κ1) is 11.4. The van der Waals surface area contributed by atoms with E-state index in [1.54, 1.807) is 18.2 Å². The molecule has 17 heavy (non-hydrogen) atoms. The fourth-order valence-corrected chi connectivity index (χ4v) is 1.72. The molecule has 1 atom stereocenters. The van der Waals surface area contributed by atoms with Crippen molar-refractivity contribution in [3.05, 3.63) is 47.5 Å². The Morgan fingerprint density at radius 3 is 3.00 bits per heavy atom. The van der Waals surface area contributed by atoms with E-state index in [0.717, 1.165) is 5.56 Å². The van der Waals surface area contributed by atoms with Gasteiger partial charge in [0, 0.05) is 12.5 Å². The highest BCUT2D eigenvalue weighted by Gasteiger charge is 2.24. The summed E-state index contributed by atoms with van der Waals surface area (Å²) < 4.78 is 9.65. The van der Waals surface area contributed by atoms with Gasteiger partial charge in [-0.2, -0.15) is 0 Å². The summed E-state index contributed by atoms with van der Waals surface area (Å²) in [6, 6.07) is 7.29. The van der Waals surface area contributed by atoms with Gasteiger partial charge in [-0.05, 0) is 17.7 Å². The van der Waals surface area contributed by atoms with E-state index in [1.165, 1.54) is 13.2 Å². The number of fused-ring (bicyclic) bond motifs is 1. The number of ether oxygens (including phenoxy) is 2. The summed E-state index contributed by atoms with van der Waals surface area (Å²) in [5.74, 6) is -0.814. The molecule has 0 amide bonds. The molecule has 1 aliphatic heterocycles. The summed E-state index contributed by atoms with van der Waals surface area (Å²) in [6.07, 6.45) is 2.98. The van der Waals surface area contributed by atoms with Crippen LogP contribution in [0.1, 0.15) is 15.9 Å². The zero-order valence-electron chi connectivity index (χ0n) is 9.38.